The van der Waals surface area contributed by atoms with Gasteiger partial charge in [0, 0.05) is 0 Å². The van der Waals surface area contributed by atoms with E-state index in [4.69, 9.17) is 15.3 Å². The molecule has 4 atom stereocenters. The molecule has 11 heteroatoms. The van der Waals surface area contributed by atoms with Crippen LogP contribution in [0, 0.1) is 5.82 Å². The maximum Gasteiger partial charge on any atom is 0.289 e. The molecule has 3 heterocycles. The lowest BCUT2D eigenvalue weighted by Gasteiger charge is -2.15. The average Bonchev–Trinajstić information content (AvgIpc) is 3.24. The van der Waals surface area contributed by atoms with Crippen molar-refractivity contribution in [2.45, 2.75) is 31.1 Å². The SMILES string of the molecule is Nc1c2ncn([C@@H]3O[C@H](CO)[C@@H](O)[C@H]3O)c2nc[n+]1OCc1ccc(F)cc1. The molecule has 2 aromatic heterocycles. The molecule has 4 rings (SSSR count). The zero-order chi connectivity index (χ0) is 19.8. The molecule has 0 amide bonds. The minimum atomic E-state index is -1.26. The lowest BCUT2D eigenvalue weighted by Crippen LogP contribution is -2.45. The van der Waals surface area contributed by atoms with Crippen molar-refractivity contribution < 1.29 is 34.0 Å². The fourth-order valence-electron chi connectivity index (χ4n) is 3.06. The number of hydrogen-bond acceptors (Lipinski definition) is 8. The van der Waals surface area contributed by atoms with Crippen LogP contribution in [0.25, 0.3) is 11.2 Å². The zero-order valence-electron chi connectivity index (χ0n) is 14.6. The minimum absolute atomic E-state index is 0.137. The molecule has 148 valence electrons. The smallest absolute Gasteiger partial charge is 0.289 e. The van der Waals surface area contributed by atoms with Gasteiger partial charge in [0.1, 0.15) is 30.5 Å². The van der Waals surface area contributed by atoms with E-state index in [1.807, 2.05) is 0 Å². The van der Waals surface area contributed by atoms with Crippen molar-refractivity contribution in [1.29, 1.82) is 0 Å². The summed E-state index contributed by atoms with van der Waals surface area (Å²) in [4.78, 5) is 14.0. The predicted octanol–water partition coefficient (Wildman–Crippen LogP) is -1.32. The summed E-state index contributed by atoms with van der Waals surface area (Å²) in [6, 6.07) is 5.84. The quantitative estimate of drug-likeness (QED) is 0.392. The number of aliphatic hydroxyl groups excluding tert-OH is 3. The minimum Gasteiger partial charge on any atom is -0.394 e. The van der Waals surface area contributed by atoms with E-state index in [9.17, 15) is 19.7 Å². The van der Waals surface area contributed by atoms with Gasteiger partial charge in [0.25, 0.3) is 12.1 Å². The van der Waals surface area contributed by atoms with Gasteiger partial charge in [-0.05, 0) is 17.7 Å². The van der Waals surface area contributed by atoms with Gasteiger partial charge in [0.15, 0.2) is 12.8 Å². The topological polar surface area (TPSA) is 140 Å². The summed E-state index contributed by atoms with van der Waals surface area (Å²) in [6.07, 6.45) is -1.68. The highest BCUT2D eigenvalue weighted by Crippen LogP contribution is 2.31. The van der Waals surface area contributed by atoms with Crippen LogP contribution in [-0.2, 0) is 11.3 Å². The van der Waals surface area contributed by atoms with Crippen LogP contribution in [0.15, 0.2) is 36.9 Å². The Morgan fingerprint density at radius 2 is 1.96 bits per heavy atom. The molecule has 1 aliphatic rings. The van der Waals surface area contributed by atoms with Crippen LogP contribution in [0.4, 0.5) is 10.2 Å². The number of benzene rings is 1. The van der Waals surface area contributed by atoms with Crippen LogP contribution in [0.5, 0.6) is 0 Å². The van der Waals surface area contributed by atoms with Crippen molar-refractivity contribution in [3.63, 3.8) is 0 Å². The first-order valence-electron chi connectivity index (χ1n) is 8.52. The fourth-order valence-corrected chi connectivity index (χ4v) is 3.06. The van der Waals surface area contributed by atoms with Gasteiger partial charge in [-0.1, -0.05) is 21.8 Å². The van der Waals surface area contributed by atoms with E-state index in [1.165, 1.54) is 34.1 Å². The largest absolute Gasteiger partial charge is 0.394 e. The number of aromatic nitrogens is 4. The van der Waals surface area contributed by atoms with Crippen molar-refractivity contribution in [2.24, 2.45) is 0 Å². The van der Waals surface area contributed by atoms with Crippen LogP contribution >= 0.6 is 0 Å². The molecule has 1 aromatic carbocycles. The molecule has 28 heavy (non-hydrogen) atoms. The number of hydrogen-bond donors (Lipinski definition) is 4. The summed E-state index contributed by atoms with van der Waals surface area (Å²) in [5, 5.41) is 29.4. The number of halogens is 1. The number of nitrogen functional groups attached to an aromatic ring is 1. The number of fused-ring (bicyclic) bond motifs is 1. The van der Waals surface area contributed by atoms with Crippen LogP contribution in [0.2, 0.25) is 0 Å². The summed E-state index contributed by atoms with van der Waals surface area (Å²) in [6.45, 7) is -0.300. The van der Waals surface area contributed by atoms with Crippen LogP contribution in [0.3, 0.4) is 0 Å². The maximum atomic E-state index is 13.0. The molecule has 0 saturated carbocycles. The lowest BCUT2D eigenvalue weighted by atomic mass is 10.1. The molecule has 5 N–H and O–H groups in total. The summed E-state index contributed by atoms with van der Waals surface area (Å²) < 4.78 is 21.1. The van der Waals surface area contributed by atoms with Gasteiger partial charge >= 0.3 is 0 Å². The summed E-state index contributed by atoms with van der Waals surface area (Å²) in [5.41, 5.74) is 7.46. The van der Waals surface area contributed by atoms with E-state index in [1.54, 1.807) is 12.1 Å². The fraction of sp³-hybridized carbons (Fsp3) is 0.353. The van der Waals surface area contributed by atoms with E-state index >= 15 is 0 Å². The number of imidazole rings is 1. The molecule has 10 nitrogen and oxygen atoms in total. The Balaban J connectivity index is 1.58. The molecule has 0 bridgehead atoms. The Bertz CT molecular complexity index is 982. The molecule has 1 fully saturated rings. The second kappa shape index (κ2) is 7.28. The molecule has 3 aromatic rings. The highest BCUT2D eigenvalue weighted by atomic mass is 19.1. The highest BCUT2D eigenvalue weighted by Gasteiger charge is 2.44. The van der Waals surface area contributed by atoms with Gasteiger partial charge in [-0.3, -0.25) is 4.57 Å². The van der Waals surface area contributed by atoms with Crippen molar-refractivity contribution in [3.05, 3.63) is 48.3 Å². The molecule has 1 aliphatic heterocycles. The van der Waals surface area contributed by atoms with E-state index in [0.29, 0.717) is 11.2 Å². The predicted molar refractivity (Wildman–Crippen MR) is 91.8 cm³/mol. The number of rotatable bonds is 5. The Morgan fingerprint density at radius 3 is 2.64 bits per heavy atom. The number of anilines is 1. The van der Waals surface area contributed by atoms with Crippen molar-refractivity contribution in [2.75, 3.05) is 12.3 Å². The Labute approximate surface area is 158 Å². The maximum absolute atomic E-state index is 13.0. The summed E-state index contributed by atoms with van der Waals surface area (Å²) >= 11 is 0. The first-order valence-corrected chi connectivity index (χ1v) is 8.52. The summed E-state index contributed by atoms with van der Waals surface area (Å²) in [7, 11) is 0. The third kappa shape index (κ3) is 3.14. The third-order valence-electron chi connectivity index (χ3n) is 4.61. The molecule has 0 unspecified atom stereocenters. The first-order chi connectivity index (χ1) is 13.5. The van der Waals surface area contributed by atoms with Crippen LogP contribution in [0.1, 0.15) is 11.8 Å². The van der Waals surface area contributed by atoms with Crippen LogP contribution in [-0.4, -0.2) is 54.8 Å². The standard InChI is InChI=1S/C17H18FN5O5/c18-10-3-1-9(2-4-10)6-27-23-8-21-16-12(15(23)19)20-7-22(16)17-14(26)13(25)11(5-24)28-17/h1-4,7-8,11,13-14,17,19,24-26H,5-6H2/p+1/t11-,13-,14-,17-/m1/s1. The number of ether oxygens (including phenoxy) is 1. The van der Waals surface area contributed by atoms with E-state index in [0.717, 1.165) is 5.56 Å². The monoisotopic (exact) mass is 392 g/mol. The second-order valence-corrected chi connectivity index (χ2v) is 6.41. The molecule has 0 spiro atoms. The van der Waals surface area contributed by atoms with Gasteiger partial charge in [-0.15, -0.1) is 0 Å². The number of aliphatic hydroxyl groups is 3. The van der Waals surface area contributed by atoms with Crippen LogP contribution < -0.4 is 15.3 Å². The van der Waals surface area contributed by atoms with Gasteiger partial charge in [0.05, 0.1) is 6.61 Å². The average molecular weight is 392 g/mol. The van der Waals surface area contributed by atoms with Gasteiger partial charge in [-0.2, -0.15) is 0 Å². The molecular formula is C17H19FN5O5+. The van der Waals surface area contributed by atoms with E-state index in [-0.39, 0.29) is 18.2 Å². The Morgan fingerprint density at radius 1 is 1.21 bits per heavy atom. The van der Waals surface area contributed by atoms with Gasteiger partial charge in [0.2, 0.25) is 11.2 Å². The lowest BCUT2D eigenvalue weighted by molar-refractivity contribution is -0.885. The second-order valence-electron chi connectivity index (χ2n) is 6.41. The van der Waals surface area contributed by atoms with Crippen molar-refractivity contribution in [1.82, 2.24) is 14.5 Å². The van der Waals surface area contributed by atoms with Gasteiger partial charge in [-0.25, -0.2) is 9.37 Å². The highest BCUT2D eigenvalue weighted by molar-refractivity contribution is 5.79. The van der Waals surface area contributed by atoms with E-state index in [2.05, 4.69) is 9.97 Å². The molecular weight excluding hydrogens is 373 g/mol. The van der Waals surface area contributed by atoms with Gasteiger partial charge < -0.3 is 30.6 Å². The number of nitrogens with zero attached hydrogens (tertiary/aromatic N) is 4. The van der Waals surface area contributed by atoms with Crippen molar-refractivity contribution >= 4 is 17.0 Å². The Hall–Kier alpha value is -2.86. The first kappa shape index (κ1) is 18.5. The third-order valence-corrected chi connectivity index (χ3v) is 4.61. The van der Waals surface area contributed by atoms with E-state index < -0.39 is 31.1 Å². The summed E-state index contributed by atoms with van der Waals surface area (Å²) in [5.74, 6) is -0.174. The zero-order valence-corrected chi connectivity index (χ0v) is 14.6. The normalized spacial score (nSPS) is 24.7. The number of nitrogens with two attached hydrogens (primary N) is 1. The Kier molecular flexibility index (Phi) is 4.81. The van der Waals surface area contributed by atoms with Crippen molar-refractivity contribution in [3.8, 4) is 0 Å². The molecule has 0 radical (unpaired) electrons. The molecule has 0 aliphatic carbocycles. The molecule has 1 saturated heterocycles.